The minimum Gasteiger partial charge on any atom is -0.508 e. The first-order valence-corrected chi connectivity index (χ1v) is 10.6. The van der Waals surface area contributed by atoms with E-state index >= 15 is 0 Å². The second-order valence-corrected chi connectivity index (χ2v) is 8.61. The van der Waals surface area contributed by atoms with Crippen molar-refractivity contribution in [3.8, 4) is 28.7 Å². The highest BCUT2D eigenvalue weighted by Crippen LogP contribution is 2.44. The van der Waals surface area contributed by atoms with E-state index in [0.717, 1.165) is 25.3 Å². The number of carbonyl (C=O) groups excluding carboxylic acids is 1. The lowest BCUT2D eigenvalue weighted by Gasteiger charge is -2.28. The number of ether oxygens (including phenoxy) is 1. The molecule has 6 nitrogen and oxygen atoms in total. The van der Waals surface area contributed by atoms with Crippen LogP contribution in [0.4, 0.5) is 0 Å². The standard InChI is InChI=1S/C25H30O6/c1-14(2)5-4-6-15(3)7-8-18-17(9-10-19(27)25(18)30)22-13-21(29)24-20(28)11-16(26)12-23(24)31-22/h7,9-12,14,22,26-28,30H,4-6,8,13H2,1-3H3/b15-7+/t22-/m0/s1. The second-order valence-electron chi connectivity index (χ2n) is 8.61. The highest BCUT2D eigenvalue weighted by Gasteiger charge is 2.32. The van der Waals surface area contributed by atoms with Gasteiger partial charge >= 0.3 is 0 Å². The fourth-order valence-corrected chi connectivity index (χ4v) is 3.92. The smallest absolute Gasteiger partial charge is 0.174 e. The number of fused-ring (bicyclic) bond motifs is 1. The van der Waals surface area contributed by atoms with E-state index in [9.17, 15) is 25.2 Å². The molecule has 1 heterocycles. The van der Waals surface area contributed by atoms with E-state index in [1.807, 2.05) is 13.0 Å². The molecule has 6 heteroatoms. The molecule has 0 amide bonds. The van der Waals surface area contributed by atoms with E-state index in [1.54, 1.807) is 6.07 Å². The number of rotatable bonds is 7. The monoisotopic (exact) mass is 426 g/mol. The lowest BCUT2D eigenvalue weighted by Crippen LogP contribution is -2.21. The molecular weight excluding hydrogens is 396 g/mol. The lowest BCUT2D eigenvalue weighted by atomic mass is 9.90. The topological polar surface area (TPSA) is 107 Å². The van der Waals surface area contributed by atoms with Crippen LogP contribution < -0.4 is 4.74 Å². The van der Waals surface area contributed by atoms with Gasteiger partial charge in [0.2, 0.25) is 0 Å². The Labute approximate surface area is 182 Å². The third kappa shape index (κ3) is 5.13. The molecule has 0 aliphatic carbocycles. The molecule has 0 saturated heterocycles. The molecule has 3 rings (SSSR count). The van der Waals surface area contributed by atoms with Crippen molar-refractivity contribution in [1.82, 2.24) is 0 Å². The number of allylic oxidation sites excluding steroid dienone is 2. The van der Waals surface area contributed by atoms with Crippen LogP contribution in [0.5, 0.6) is 28.7 Å². The van der Waals surface area contributed by atoms with Gasteiger partial charge in [-0.05, 0) is 38.2 Å². The van der Waals surface area contributed by atoms with Crippen molar-refractivity contribution in [2.24, 2.45) is 5.92 Å². The summed E-state index contributed by atoms with van der Waals surface area (Å²) in [5.41, 5.74) is 2.31. The number of carbonyl (C=O) groups is 1. The molecule has 2 aromatic rings. The van der Waals surface area contributed by atoms with Crippen LogP contribution in [0.25, 0.3) is 0 Å². The van der Waals surface area contributed by atoms with E-state index in [0.29, 0.717) is 23.5 Å². The summed E-state index contributed by atoms with van der Waals surface area (Å²) in [6, 6.07) is 5.40. The number of phenols is 4. The van der Waals surface area contributed by atoms with E-state index < -0.39 is 6.10 Å². The van der Waals surface area contributed by atoms with Gasteiger partial charge in [-0.25, -0.2) is 0 Å². The van der Waals surface area contributed by atoms with Gasteiger partial charge in [-0.15, -0.1) is 0 Å². The third-order valence-electron chi connectivity index (χ3n) is 5.64. The Morgan fingerprint density at radius 1 is 1.16 bits per heavy atom. The second kappa shape index (κ2) is 9.33. The zero-order valence-electron chi connectivity index (χ0n) is 18.2. The van der Waals surface area contributed by atoms with Gasteiger partial charge in [-0.3, -0.25) is 4.79 Å². The SMILES string of the molecule is C/C(=C\Cc1c([C@@H]2CC(=O)c3c(O)cc(O)cc3O2)ccc(O)c1O)CCCC(C)C. The highest BCUT2D eigenvalue weighted by atomic mass is 16.5. The molecule has 0 radical (unpaired) electrons. The van der Waals surface area contributed by atoms with Crippen LogP contribution in [-0.4, -0.2) is 26.2 Å². The predicted octanol–water partition coefficient (Wildman–Crippen LogP) is 5.53. The normalized spacial score (nSPS) is 16.3. The van der Waals surface area contributed by atoms with Crippen molar-refractivity contribution < 1.29 is 30.0 Å². The molecule has 0 bridgehead atoms. The molecule has 0 spiro atoms. The van der Waals surface area contributed by atoms with Crippen LogP contribution in [0.15, 0.2) is 35.9 Å². The summed E-state index contributed by atoms with van der Waals surface area (Å²) < 4.78 is 5.93. The van der Waals surface area contributed by atoms with E-state index in [2.05, 4.69) is 13.8 Å². The average Bonchev–Trinajstić information content (AvgIpc) is 2.67. The molecule has 0 aromatic heterocycles. The van der Waals surface area contributed by atoms with Crippen LogP contribution >= 0.6 is 0 Å². The van der Waals surface area contributed by atoms with Crippen molar-refractivity contribution in [2.45, 2.75) is 59.0 Å². The molecule has 4 N–H and O–H groups in total. The summed E-state index contributed by atoms with van der Waals surface area (Å²) in [6.45, 7) is 6.43. The Kier molecular flexibility index (Phi) is 6.78. The Hall–Kier alpha value is -3.15. The quantitative estimate of drug-likeness (QED) is 0.342. The molecular formula is C25H30O6. The number of ketones is 1. The fourth-order valence-electron chi connectivity index (χ4n) is 3.92. The molecule has 1 aliphatic heterocycles. The highest BCUT2D eigenvalue weighted by molar-refractivity contribution is 6.02. The zero-order chi connectivity index (χ0) is 22.7. The summed E-state index contributed by atoms with van der Waals surface area (Å²) >= 11 is 0. The maximum Gasteiger partial charge on any atom is 0.174 e. The Balaban J connectivity index is 1.88. The van der Waals surface area contributed by atoms with E-state index in [4.69, 9.17) is 4.74 Å². The van der Waals surface area contributed by atoms with Crippen molar-refractivity contribution in [3.63, 3.8) is 0 Å². The summed E-state index contributed by atoms with van der Waals surface area (Å²) in [6.07, 6.45) is 4.85. The third-order valence-corrected chi connectivity index (χ3v) is 5.64. The van der Waals surface area contributed by atoms with Crippen molar-refractivity contribution >= 4 is 5.78 Å². The number of Topliss-reactive ketones (excluding diaryl/α,β-unsaturated/α-hetero) is 1. The van der Waals surface area contributed by atoms with Crippen LogP contribution in [0, 0.1) is 5.92 Å². The van der Waals surface area contributed by atoms with Crippen molar-refractivity contribution in [1.29, 1.82) is 0 Å². The van der Waals surface area contributed by atoms with Crippen molar-refractivity contribution in [3.05, 3.63) is 52.6 Å². The molecule has 31 heavy (non-hydrogen) atoms. The zero-order valence-corrected chi connectivity index (χ0v) is 18.2. The van der Waals surface area contributed by atoms with Gasteiger partial charge in [0.05, 0.1) is 6.42 Å². The van der Waals surface area contributed by atoms with Gasteiger partial charge in [0.15, 0.2) is 17.3 Å². The van der Waals surface area contributed by atoms with Crippen LogP contribution in [0.2, 0.25) is 0 Å². The molecule has 1 aliphatic rings. The summed E-state index contributed by atoms with van der Waals surface area (Å²) in [4.78, 5) is 12.7. The predicted molar refractivity (Wildman–Crippen MR) is 118 cm³/mol. The number of hydrogen-bond acceptors (Lipinski definition) is 6. The minimum absolute atomic E-state index is 0.0281. The first-order valence-electron chi connectivity index (χ1n) is 10.6. The minimum atomic E-state index is -0.711. The maximum absolute atomic E-state index is 12.7. The Morgan fingerprint density at radius 3 is 2.61 bits per heavy atom. The summed E-state index contributed by atoms with van der Waals surface area (Å²) in [5.74, 6) is -0.574. The number of phenolic OH excluding ortho intramolecular Hbond substituents is 4. The first-order chi connectivity index (χ1) is 14.7. The molecule has 0 saturated carbocycles. The Morgan fingerprint density at radius 2 is 1.90 bits per heavy atom. The lowest BCUT2D eigenvalue weighted by molar-refractivity contribution is 0.0843. The van der Waals surface area contributed by atoms with E-state index in [1.165, 1.54) is 17.7 Å². The van der Waals surface area contributed by atoms with Crippen molar-refractivity contribution in [2.75, 3.05) is 0 Å². The Bertz CT molecular complexity index is 1010. The summed E-state index contributed by atoms with van der Waals surface area (Å²) in [7, 11) is 0. The van der Waals surface area contributed by atoms with Crippen LogP contribution in [-0.2, 0) is 6.42 Å². The van der Waals surface area contributed by atoms with Crippen LogP contribution in [0.1, 0.15) is 74.0 Å². The largest absolute Gasteiger partial charge is 0.508 e. The molecule has 0 unspecified atom stereocenters. The van der Waals surface area contributed by atoms with E-state index in [-0.39, 0.29) is 46.5 Å². The summed E-state index contributed by atoms with van der Waals surface area (Å²) in [5, 5.41) is 40.3. The maximum atomic E-state index is 12.7. The molecule has 0 fully saturated rings. The van der Waals surface area contributed by atoms with Gasteiger partial charge in [0.25, 0.3) is 0 Å². The first kappa shape index (κ1) is 22.5. The average molecular weight is 427 g/mol. The fraction of sp³-hybridized carbons (Fsp3) is 0.400. The van der Waals surface area contributed by atoms with Gasteiger partial charge in [-0.2, -0.15) is 0 Å². The molecule has 2 aromatic carbocycles. The molecule has 1 atom stereocenters. The van der Waals surface area contributed by atoms with Crippen LogP contribution in [0.3, 0.4) is 0 Å². The number of aromatic hydroxyl groups is 4. The number of hydrogen-bond donors (Lipinski definition) is 4. The van der Waals surface area contributed by atoms with Gasteiger partial charge in [0, 0.05) is 23.3 Å². The number of benzene rings is 2. The molecule has 166 valence electrons. The van der Waals surface area contributed by atoms with Gasteiger partial charge < -0.3 is 25.2 Å². The van der Waals surface area contributed by atoms with Gasteiger partial charge in [0.1, 0.15) is 28.9 Å². The van der Waals surface area contributed by atoms with Gasteiger partial charge in [-0.1, -0.05) is 38.0 Å².